The Hall–Kier alpha value is -3.62. The van der Waals surface area contributed by atoms with Crippen molar-refractivity contribution in [1.82, 2.24) is 14.9 Å². The molecule has 3 heterocycles. The maximum absolute atomic E-state index is 11.3. The van der Waals surface area contributed by atoms with Gasteiger partial charge in [-0.15, -0.1) is 0 Å². The van der Waals surface area contributed by atoms with Gasteiger partial charge in [0.05, 0.1) is 18.9 Å². The van der Waals surface area contributed by atoms with E-state index >= 15 is 0 Å². The van der Waals surface area contributed by atoms with Gasteiger partial charge in [-0.05, 0) is 18.3 Å². The molecule has 0 amide bonds. The third kappa shape index (κ3) is 4.81. The van der Waals surface area contributed by atoms with Gasteiger partial charge in [-0.3, -0.25) is 10.2 Å². The smallest absolute Gasteiger partial charge is 0.213 e. The number of aromatic nitrogens is 2. The zero-order valence-corrected chi connectivity index (χ0v) is 16.2. The molecule has 9 heteroatoms. The summed E-state index contributed by atoms with van der Waals surface area (Å²) in [7, 11) is 1.49. The van der Waals surface area contributed by atoms with Crippen LogP contribution in [0.5, 0.6) is 11.6 Å². The number of nitrogens with one attached hydrogen (secondary N) is 1. The minimum atomic E-state index is 0.254. The first kappa shape index (κ1) is 20.1. The first-order valence-electron chi connectivity index (χ1n) is 9.19. The number of methoxy groups -OCH3 is 1. The molecule has 0 aliphatic carbocycles. The number of piperazine rings is 1. The Morgan fingerprint density at radius 3 is 2.79 bits per heavy atom. The van der Waals surface area contributed by atoms with Gasteiger partial charge in [-0.25, -0.2) is 9.97 Å². The van der Waals surface area contributed by atoms with E-state index in [-0.39, 0.29) is 6.61 Å². The first-order chi connectivity index (χ1) is 14.2. The average molecular weight is 396 g/mol. The molecule has 3 rings (SSSR count). The van der Waals surface area contributed by atoms with Gasteiger partial charge >= 0.3 is 0 Å². The second-order valence-electron chi connectivity index (χ2n) is 6.38. The van der Waals surface area contributed by atoms with Gasteiger partial charge in [-0.2, -0.15) is 0 Å². The molecule has 0 bridgehead atoms. The number of hydrogen-bond acceptors (Lipinski definition) is 8. The number of nitrogens with zero attached hydrogens (tertiary/aromatic N) is 4. The summed E-state index contributed by atoms with van der Waals surface area (Å²) in [6, 6.07) is 5.34. The Morgan fingerprint density at radius 2 is 2.10 bits per heavy atom. The lowest BCUT2D eigenvalue weighted by Gasteiger charge is -2.36. The van der Waals surface area contributed by atoms with E-state index in [0.29, 0.717) is 42.4 Å². The van der Waals surface area contributed by atoms with E-state index < -0.39 is 0 Å². The van der Waals surface area contributed by atoms with E-state index in [1.54, 1.807) is 12.3 Å². The molecule has 0 spiro atoms. The average Bonchev–Trinajstić information content (AvgIpc) is 2.78. The third-order valence-electron chi connectivity index (χ3n) is 4.63. The van der Waals surface area contributed by atoms with Crippen molar-refractivity contribution in [2.45, 2.75) is 6.61 Å². The molecule has 0 atom stereocenters. The fourth-order valence-corrected chi connectivity index (χ4v) is 3.10. The Labute approximate surface area is 169 Å². The highest BCUT2D eigenvalue weighted by molar-refractivity contribution is 5.90. The van der Waals surface area contributed by atoms with Crippen LogP contribution < -0.4 is 20.1 Å². The van der Waals surface area contributed by atoms with Crippen LogP contribution in [0.15, 0.2) is 42.9 Å². The molecule has 9 nitrogen and oxygen atoms in total. The largest absolute Gasteiger partial charge is 0.486 e. The topological polar surface area (TPSA) is 118 Å². The zero-order valence-electron chi connectivity index (χ0n) is 16.2. The highest BCUT2D eigenvalue weighted by atomic mass is 16.5. The molecule has 2 aromatic heterocycles. The van der Waals surface area contributed by atoms with Gasteiger partial charge in [0.25, 0.3) is 0 Å². The number of nitrogens with two attached hydrogens (primary N) is 1. The van der Waals surface area contributed by atoms with Crippen LogP contribution in [0.3, 0.4) is 0 Å². The maximum Gasteiger partial charge on any atom is 0.213 e. The van der Waals surface area contributed by atoms with E-state index in [4.69, 9.17) is 20.6 Å². The summed E-state index contributed by atoms with van der Waals surface area (Å²) in [6.07, 6.45) is 6.91. The van der Waals surface area contributed by atoms with Crippen molar-refractivity contribution in [1.29, 1.82) is 5.41 Å². The molecule has 152 valence electrons. The van der Waals surface area contributed by atoms with Crippen molar-refractivity contribution in [3.05, 3.63) is 54.0 Å². The summed E-state index contributed by atoms with van der Waals surface area (Å²) in [5.74, 6) is 1.99. The molecule has 0 aromatic carbocycles. The Morgan fingerprint density at radius 1 is 1.31 bits per heavy atom. The van der Waals surface area contributed by atoms with Crippen LogP contribution in [-0.4, -0.2) is 60.3 Å². The van der Waals surface area contributed by atoms with Crippen molar-refractivity contribution < 1.29 is 14.3 Å². The van der Waals surface area contributed by atoms with Crippen LogP contribution in [0.1, 0.15) is 15.9 Å². The van der Waals surface area contributed by atoms with Crippen LogP contribution in [0.4, 0.5) is 5.82 Å². The minimum absolute atomic E-state index is 0.254. The van der Waals surface area contributed by atoms with Gasteiger partial charge in [0.15, 0.2) is 6.29 Å². The van der Waals surface area contributed by atoms with Crippen LogP contribution in [-0.2, 0) is 6.61 Å². The number of carbonyl (C=O) groups is 1. The predicted octanol–water partition coefficient (Wildman–Crippen LogP) is 1.45. The van der Waals surface area contributed by atoms with E-state index in [2.05, 4.69) is 14.9 Å². The lowest BCUT2D eigenvalue weighted by atomic mass is 10.2. The number of pyridine rings is 2. The van der Waals surface area contributed by atoms with Gasteiger partial charge in [0, 0.05) is 44.0 Å². The number of hydrogen-bond donors (Lipinski definition) is 2. The Bertz CT molecular complexity index is 894. The summed E-state index contributed by atoms with van der Waals surface area (Å²) in [4.78, 5) is 24.1. The molecule has 2 aromatic rings. The molecule has 0 unspecified atom stereocenters. The maximum atomic E-state index is 11.3. The van der Waals surface area contributed by atoms with Crippen molar-refractivity contribution in [2.75, 3.05) is 38.2 Å². The van der Waals surface area contributed by atoms with Gasteiger partial charge in [0.2, 0.25) is 5.88 Å². The SMILES string of the molecule is COc1cc(C=O)c(OCc2cccnc2N2CCN(C(=N)/C=C\N)CC2)cn1. The van der Waals surface area contributed by atoms with E-state index in [9.17, 15) is 4.79 Å². The molecule has 0 saturated carbocycles. The summed E-state index contributed by atoms with van der Waals surface area (Å²) in [6.45, 7) is 3.13. The highest BCUT2D eigenvalue weighted by Gasteiger charge is 2.21. The number of ether oxygens (including phenoxy) is 2. The summed E-state index contributed by atoms with van der Waals surface area (Å²) >= 11 is 0. The van der Waals surface area contributed by atoms with Gasteiger partial charge < -0.3 is 25.0 Å². The second kappa shape index (κ2) is 9.54. The highest BCUT2D eigenvalue weighted by Crippen LogP contribution is 2.24. The predicted molar refractivity (Wildman–Crippen MR) is 110 cm³/mol. The molecule has 29 heavy (non-hydrogen) atoms. The van der Waals surface area contributed by atoms with Crippen molar-refractivity contribution >= 4 is 17.9 Å². The number of aldehydes is 1. The molecular formula is C20H24N6O3. The molecule has 1 saturated heterocycles. The molecule has 3 N–H and O–H groups in total. The van der Waals surface area contributed by atoms with Gasteiger partial charge in [-0.1, -0.05) is 6.07 Å². The van der Waals surface area contributed by atoms with E-state index in [1.807, 2.05) is 17.0 Å². The van der Waals surface area contributed by atoms with Crippen LogP contribution in [0.25, 0.3) is 0 Å². The fourth-order valence-electron chi connectivity index (χ4n) is 3.10. The molecular weight excluding hydrogens is 372 g/mol. The monoisotopic (exact) mass is 396 g/mol. The third-order valence-corrected chi connectivity index (χ3v) is 4.63. The summed E-state index contributed by atoms with van der Waals surface area (Å²) in [5, 5.41) is 7.99. The summed E-state index contributed by atoms with van der Waals surface area (Å²) in [5.41, 5.74) is 6.66. The lowest BCUT2D eigenvalue weighted by molar-refractivity contribution is 0.111. The van der Waals surface area contributed by atoms with E-state index in [0.717, 1.165) is 24.5 Å². The number of anilines is 1. The number of carbonyl (C=O) groups excluding carboxylic acids is 1. The zero-order chi connectivity index (χ0) is 20.6. The van der Waals surface area contributed by atoms with Gasteiger partial charge in [0.1, 0.15) is 24.0 Å². The van der Waals surface area contributed by atoms with Crippen LogP contribution in [0, 0.1) is 5.41 Å². The molecule has 1 fully saturated rings. The molecule has 0 radical (unpaired) electrons. The molecule has 1 aliphatic heterocycles. The Kier molecular flexibility index (Phi) is 6.62. The van der Waals surface area contributed by atoms with Crippen molar-refractivity contribution in [3.8, 4) is 11.6 Å². The number of amidine groups is 1. The Balaban J connectivity index is 1.69. The van der Waals surface area contributed by atoms with Crippen LogP contribution in [0.2, 0.25) is 0 Å². The normalized spacial score (nSPS) is 14.1. The first-order valence-corrected chi connectivity index (χ1v) is 9.19. The lowest BCUT2D eigenvalue weighted by Crippen LogP contribution is -2.48. The van der Waals surface area contributed by atoms with Crippen molar-refractivity contribution in [2.24, 2.45) is 5.73 Å². The van der Waals surface area contributed by atoms with E-state index in [1.165, 1.54) is 25.6 Å². The van der Waals surface area contributed by atoms with Crippen molar-refractivity contribution in [3.63, 3.8) is 0 Å². The number of rotatable bonds is 7. The summed E-state index contributed by atoms with van der Waals surface area (Å²) < 4.78 is 10.9. The molecule has 1 aliphatic rings. The fraction of sp³-hybridized carbons (Fsp3) is 0.300. The van der Waals surface area contributed by atoms with Crippen LogP contribution >= 0.6 is 0 Å². The quantitative estimate of drug-likeness (QED) is 0.410. The second-order valence-corrected chi connectivity index (χ2v) is 6.38. The standard InChI is InChI=1S/C20H24N6O3/c1-28-19-11-16(13-27)17(12-24-19)29-14-15-3-2-6-23-20(15)26-9-7-25(8-10-26)18(22)4-5-21/h2-6,11-13,22H,7-10,14,21H2,1H3/b5-4-,22-18?. The minimum Gasteiger partial charge on any atom is -0.486 e.